The normalized spacial score (nSPS) is 15.7. The molecule has 1 aromatic carbocycles. The minimum atomic E-state index is -0.500. The maximum Gasteiger partial charge on any atom is 0.244 e. The number of hydrogen-bond acceptors (Lipinski definition) is 3. The summed E-state index contributed by atoms with van der Waals surface area (Å²) < 4.78 is 18.4. The van der Waals surface area contributed by atoms with Crippen LogP contribution >= 0.6 is 0 Å². The molecule has 0 spiro atoms. The quantitative estimate of drug-likeness (QED) is 0.778. The summed E-state index contributed by atoms with van der Waals surface area (Å²) in [5, 5.41) is 2.74. The summed E-state index contributed by atoms with van der Waals surface area (Å²) in [6.07, 6.45) is 4.00. The van der Waals surface area contributed by atoms with E-state index >= 15 is 0 Å². The van der Waals surface area contributed by atoms with Crippen molar-refractivity contribution in [2.24, 2.45) is 0 Å². The predicted octanol–water partition coefficient (Wildman–Crippen LogP) is 2.50. The zero-order chi connectivity index (χ0) is 17.4. The molecule has 1 atom stereocenters. The molecule has 6 heteroatoms. The fourth-order valence-corrected chi connectivity index (χ4v) is 2.74. The molecule has 2 rings (SSSR count). The molecule has 0 aromatic heterocycles. The van der Waals surface area contributed by atoms with Gasteiger partial charge in [-0.15, -0.1) is 0 Å². The van der Waals surface area contributed by atoms with Crippen molar-refractivity contribution in [3.05, 3.63) is 30.1 Å². The third-order valence-corrected chi connectivity index (χ3v) is 4.03. The second-order valence-electron chi connectivity index (χ2n) is 6.08. The van der Waals surface area contributed by atoms with Crippen molar-refractivity contribution in [1.29, 1.82) is 0 Å². The van der Waals surface area contributed by atoms with E-state index in [1.807, 2.05) is 4.90 Å². The summed E-state index contributed by atoms with van der Waals surface area (Å²) >= 11 is 0. The third-order valence-electron chi connectivity index (χ3n) is 4.03. The second-order valence-corrected chi connectivity index (χ2v) is 6.08. The van der Waals surface area contributed by atoms with Crippen LogP contribution < -0.4 is 10.1 Å². The van der Waals surface area contributed by atoms with Gasteiger partial charge in [0.15, 0.2) is 0 Å². The van der Waals surface area contributed by atoms with Crippen LogP contribution in [-0.2, 0) is 9.59 Å². The number of halogens is 1. The van der Waals surface area contributed by atoms with Crippen LogP contribution in [0.2, 0.25) is 0 Å². The Morgan fingerprint density at radius 2 is 2.04 bits per heavy atom. The molecule has 0 radical (unpaired) electrons. The van der Waals surface area contributed by atoms with E-state index in [0.717, 1.165) is 32.4 Å². The minimum Gasteiger partial charge on any atom is -0.493 e. The molecule has 1 aliphatic heterocycles. The first kappa shape index (κ1) is 18.2. The topological polar surface area (TPSA) is 58.6 Å². The van der Waals surface area contributed by atoms with Crippen molar-refractivity contribution in [3.8, 4) is 5.75 Å². The number of carbonyl (C=O) groups excluding carboxylic acids is 2. The number of likely N-dealkylation sites (tertiary alicyclic amines) is 1. The van der Waals surface area contributed by atoms with E-state index < -0.39 is 6.04 Å². The van der Waals surface area contributed by atoms with E-state index in [-0.39, 0.29) is 24.1 Å². The summed E-state index contributed by atoms with van der Waals surface area (Å²) in [5.74, 6) is -0.0888. The van der Waals surface area contributed by atoms with Gasteiger partial charge in [0.2, 0.25) is 11.8 Å². The maximum absolute atomic E-state index is 13.0. The SMILES string of the molecule is C[C@@H](NC(=O)CCCOc1cccc(F)c1)C(=O)N1CCCCC1. The molecule has 1 aromatic rings. The lowest BCUT2D eigenvalue weighted by Gasteiger charge is -2.29. The predicted molar refractivity (Wildman–Crippen MR) is 89.2 cm³/mol. The molecule has 0 saturated carbocycles. The van der Waals surface area contributed by atoms with Crippen molar-refractivity contribution in [2.45, 2.75) is 45.1 Å². The van der Waals surface area contributed by atoms with Gasteiger partial charge in [-0.05, 0) is 44.7 Å². The highest BCUT2D eigenvalue weighted by atomic mass is 19.1. The fraction of sp³-hybridized carbons (Fsp3) is 0.556. The van der Waals surface area contributed by atoms with Crippen molar-refractivity contribution in [3.63, 3.8) is 0 Å². The van der Waals surface area contributed by atoms with Crippen LogP contribution in [0.15, 0.2) is 24.3 Å². The standard InChI is InChI=1S/C18H25FN2O3/c1-14(18(23)21-10-3-2-4-11-21)20-17(22)9-6-12-24-16-8-5-7-15(19)13-16/h5,7-8,13-14H,2-4,6,9-12H2,1H3,(H,20,22)/t14-/m1/s1. The Labute approximate surface area is 142 Å². The molecule has 24 heavy (non-hydrogen) atoms. The highest BCUT2D eigenvalue weighted by molar-refractivity contribution is 5.87. The molecule has 1 fully saturated rings. The molecule has 132 valence electrons. The summed E-state index contributed by atoms with van der Waals surface area (Å²) in [4.78, 5) is 26.0. The number of rotatable bonds is 7. The number of ether oxygens (including phenoxy) is 1. The molecular weight excluding hydrogens is 311 g/mol. The maximum atomic E-state index is 13.0. The van der Waals surface area contributed by atoms with E-state index in [9.17, 15) is 14.0 Å². The molecule has 0 bridgehead atoms. The van der Waals surface area contributed by atoms with Gasteiger partial charge in [-0.3, -0.25) is 9.59 Å². The first-order valence-electron chi connectivity index (χ1n) is 8.53. The number of carbonyl (C=O) groups is 2. The van der Waals surface area contributed by atoms with E-state index in [2.05, 4.69) is 5.32 Å². The van der Waals surface area contributed by atoms with Crippen LogP contribution in [0.5, 0.6) is 5.75 Å². The van der Waals surface area contributed by atoms with Gasteiger partial charge < -0.3 is 15.0 Å². The van der Waals surface area contributed by atoms with E-state index in [0.29, 0.717) is 18.8 Å². The van der Waals surface area contributed by atoms with Crippen LogP contribution in [0.3, 0.4) is 0 Å². The Morgan fingerprint density at radius 1 is 1.29 bits per heavy atom. The average Bonchev–Trinajstić information content (AvgIpc) is 2.59. The lowest BCUT2D eigenvalue weighted by atomic mass is 10.1. The molecule has 1 saturated heterocycles. The minimum absolute atomic E-state index is 0.0148. The molecule has 5 nitrogen and oxygen atoms in total. The van der Waals surface area contributed by atoms with Crippen LogP contribution in [0.25, 0.3) is 0 Å². The number of hydrogen-bond donors (Lipinski definition) is 1. The van der Waals surface area contributed by atoms with Gasteiger partial charge in [0, 0.05) is 25.6 Å². The van der Waals surface area contributed by atoms with Gasteiger partial charge in [-0.1, -0.05) is 6.07 Å². The Kier molecular flexibility index (Phi) is 7.03. The second kappa shape index (κ2) is 9.25. The fourth-order valence-electron chi connectivity index (χ4n) is 2.74. The molecule has 1 heterocycles. The van der Waals surface area contributed by atoms with Gasteiger partial charge >= 0.3 is 0 Å². The average molecular weight is 336 g/mol. The van der Waals surface area contributed by atoms with Crippen LogP contribution in [0.4, 0.5) is 4.39 Å². The molecule has 0 aliphatic carbocycles. The van der Waals surface area contributed by atoms with Gasteiger partial charge in [-0.25, -0.2) is 4.39 Å². The van der Waals surface area contributed by atoms with Crippen molar-refractivity contribution >= 4 is 11.8 Å². The van der Waals surface area contributed by atoms with E-state index in [1.165, 1.54) is 12.1 Å². The lowest BCUT2D eigenvalue weighted by molar-refractivity contribution is -0.136. The monoisotopic (exact) mass is 336 g/mol. The summed E-state index contributed by atoms with van der Waals surface area (Å²) in [6.45, 7) is 3.60. The first-order valence-corrected chi connectivity index (χ1v) is 8.53. The Bertz CT molecular complexity index is 559. The number of nitrogens with one attached hydrogen (secondary N) is 1. The summed E-state index contributed by atoms with van der Waals surface area (Å²) in [7, 11) is 0. The third kappa shape index (κ3) is 5.83. The zero-order valence-corrected chi connectivity index (χ0v) is 14.1. The first-order chi connectivity index (χ1) is 11.6. The Hall–Kier alpha value is -2.11. The van der Waals surface area contributed by atoms with Gasteiger partial charge in [0.1, 0.15) is 17.6 Å². The number of amides is 2. The lowest BCUT2D eigenvalue weighted by Crippen LogP contribution is -2.48. The summed E-state index contributed by atoms with van der Waals surface area (Å²) in [6, 6.07) is 5.40. The largest absolute Gasteiger partial charge is 0.493 e. The van der Waals surface area contributed by atoms with Crippen LogP contribution in [0, 0.1) is 5.82 Å². The molecule has 1 aliphatic rings. The van der Waals surface area contributed by atoms with Gasteiger partial charge in [0.05, 0.1) is 6.61 Å². The molecule has 1 N–H and O–H groups in total. The van der Waals surface area contributed by atoms with Gasteiger partial charge in [-0.2, -0.15) is 0 Å². The van der Waals surface area contributed by atoms with E-state index in [1.54, 1.807) is 19.1 Å². The van der Waals surface area contributed by atoms with E-state index in [4.69, 9.17) is 4.74 Å². The Balaban J connectivity index is 1.64. The number of benzene rings is 1. The van der Waals surface area contributed by atoms with Crippen LogP contribution in [0.1, 0.15) is 39.0 Å². The van der Waals surface area contributed by atoms with Crippen molar-refractivity contribution < 1.29 is 18.7 Å². The zero-order valence-electron chi connectivity index (χ0n) is 14.1. The molecule has 2 amide bonds. The van der Waals surface area contributed by atoms with Crippen molar-refractivity contribution in [2.75, 3.05) is 19.7 Å². The number of nitrogens with zero attached hydrogens (tertiary/aromatic N) is 1. The van der Waals surface area contributed by atoms with Crippen LogP contribution in [-0.4, -0.2) is 42.5 Å². The molecule has 0 unspecified atom stereocenters. The smallest absolute Gasteiger partial charge is 0.244 e. The Morgan fingerprint density at radius 3 is 2.75 bits per heavy atom. The van der Waals surface area contributed by atoms with Crippen molar-refractivity contribution in [1.82, 2.24) is 10.2 Å². The summed E-state index contributed by atoms with van der Waals surface area (Å²) in [5.41, 5.74) is 0. The number of piperidine rings is 1. The molecular formula is C18H25FN2O3. The van der Waals surface area contributed by atoms with Gasteiger partial charge in [0.25, 0.3) is 0 Å². The highest BCUT2D eigenvalue weighted by Crippen LogP contribution is 2.12. The highest BCUT2D eigenvalue weighted by Gasteiger charge is 2.23.